The number of hydrogen-bond donors (Lipinski definition) is 1. The number of nitrogens with one attached hydrogen (secondary N) is 1. The van der Waals surface area contributed by atoms with E-state index in [9.17, 15) is 13.2 Å². The summed E-state index contributed by atoms with van der Waals surface area (Å²) in [5.41, 5.74) is 2.44. The summed E-state index contributed by atoms with van der Waals surface area (Å²) in [7, 11) is -1.17. The number of carbonyl (C=O) groups is 1. The molecule has 0 saturated heterocycles. The lowest BCUT2D eigenvalue weighted by Gasteiger charge is -2.33. The van der Waals surface area contributed by atoms with E-state index < -0.39 is 9.84 Å². The van der Waals surface area contributed by atoms with Crippen molar-refractivity contribution in [1.82, 2.24) is 10.2 Å². The van der Waals surface area contributed by atoms with Crippen LogP contribution in [-0.2, 0) is 27.6 Å². The van der Waals surface area contributed by atoms with E-state index in [0.717, 1.165) is 6.54 Å². The van der Waals surface area contributed by atoms with Gasteiger partial charge in [0, 0.05) is 13.1 Å². The van der Waals surface area contributed by atoms with Gasteiger partial charge < -0.3 is 5.32 Å². The van der Waals surface area contributed by atoms with Crippen molar-refractivity contribution in [2.75, 3.05) is 25.1 Å². The molecule has 0 spiro atoms. The van der Waals surface area contributed by atoms with Gasteiger partial charge in [0.2, 0.25) is 5.91 Å². The normalized spacial score (nSPS) is 18.7. The maximum Gasteiger partial charge on any atom is 0.237 e. The van der Waals surface area contributed by atoms with Crippen molar-refractivity contribution in [3.05, 3.63) is 35.4 Å². The Balaban J connectivity index is 1.89. The first-order valence-corrected chi connectivity index (χ1v) is 9.86. The summed E-state index contributed by atoms with van der Waals surface area (Å²) in [4.78, 5) is 14.4. The predicted molar refractivity (Wildman–Crippen MR) is 91.9 cm³/mol. The van der Waals surface area contributed by atoms with Crippen LogP contribution in [0.2, 0.25) is 0 Å². The highest BCUT2D eigenvalue weighted by molar-refractivity contribution is 7.91. The summed E-state index contributed by atoms with van der Waals surface area (Å²) in [5.74, 6) is 0.183. The second-order valence-corrected chi connectivity index (χ2v) is 8.93. The molecule has 5 nitrogen and oxygen atoms in total. The second kappa shape index (κ2) is 7.45. The molecule has 128 valence electrons. The Bertz CT molecular complexity index is 656. The largest absolute Gasteiger partial charge is 0.354 e. The second-order valence-electron chi connectivity index (χ2n) is 6.70. The molecule has 0 aliphatic carbocycles. The topological polar surface area (TPSA) is 66.5 Å². The smallest absolute Gasteiger partial charge is 0.237 e. The molecule has 1 atom stereocenters. The highest BCUT2D eigenvalue weighted by Crippen LogP contribution is 2.21. The van der Waals surface area contributed by atoms with Crippen molar-refractivity contribution in [3.63, 3.8) is 0 Å². The third-order valence-electron chi connectivity index (χ3n) is 4.09. The van der Waals surface area contributed by atoms with E-state index >= 15 is 0 Å². The monoisotopic (exact) mass is 338 g/mol. The van der Waals surface area contributed by atoms with Crippen molar-refractivity contribution >= 4 is 15.7 Å². The molecule has 23 heavy (non-hydrogen) atoms. The van der Waals surface area contributed by atoms with Crippen molar-refractivity contribution in [3.8, 4) is 0 Å². The van der Waals surface area contributed by atoms with Gasteiger partial charge in [-0.05, 0) is 30.5 Å². The van der Waals surface area contributed by atoms with Crippen LogP contribution in [0.4, 0.5) is 0 Å². The molecule has 1 aromatic rings. The van der Waals surface area contributed by atoms with Crippen molar-refractivity contribution < 1.29 is 13.2 Å². The van der Waals surface area contributed by atoms with Crippen molar-refractivity contribution in [1.29, 1.82) is 0 Å². The van der Waals surface area contributed by atoms with Crippen LogP contribution in [0.5, 0.6) is 0 Å². The van der Waals surface area contributed by atoms with Gasteiger partial charge in [-0.25, -0.2) is 8.42 Å². The summed E-state index contributed by atoms with van der Waals surface area (Å²) < 4.78 is 23.7. The molecule has 1 aliphatic heterocycles. The van der Waals surface area contributed by atoms with Crippen LogP contribution in [0, 0.1) is 5.92 Å². The molecule has 0 fully saturated rings. The van der Waals surface area contributed by atoms with Crippen LogP contribution >= 0.6 is 0 Å². The Morgan fingerprint density at radius 2 is 1.96 bits per heavy atom. The summed E-state index contributed by atoms with van der Waals surface area (Å²) in [6, 6.07) is 7.89. The molecule has 0 radical (unpaired) electrons. The standard InChI is InChI=1S/C17H26N2O3S/c1-13(2)12-23(21,22)9-8-18-17(20)16-10-14-6-4-5-7-15(14)11-19(16)3/h4-7,13,16H,8-12H2,1-3H3,(H,18,20). The minimum atomic E-state index is -3.10. The third-order valence-corrected chi connectivity index (χ3v) is 6.09. The average molecular weight is 338 g/mol. The van der Waals surface area contributed by atoms with E-state index in [-0.39, 0.29) is 35.9 Å². The fourth-order valence-electron chi connectivity index (χ4n) is 2.99. The number of nitrogens with zero attached hydrogens (tertiary/aromatic N) is 1. The first kappa shape index (κ1) is 17.9. The van der Waals surface area contributed by atoms with Crippen LogP contribution in [-0.4, -0.2) is 50.4 Å². The molecule has 1 heterocycles. The first-order valence-electron chi connectivity index (χ1n) is 8.03. The first-order chi connectivity index (χ1) is 10.8. The Morgan fingerprint density at radius 3 is 2.61 bits per heavy atom. The number of fused-ring (bicyclic) bond motifs is 1. The van der Waals surface area contributed by atoms with E-state index in [2.05, 4.69) is 17.4 Å². The van der Waals surface area contributed by atoms with E-state index in [1.807, 2.05) is 37.9 Å². The molecular weight excluding hydrogens is 312 g/mol. The van der Waals surface area contributed by atoms with Gasteiger partial charge in [-0.15, -0.1) is 0 Å². The summed E-state index contributed by atoms with van der Waals surface area (Å²) >= 11 is 0. The highest BCUT2D eigenvalue weighted by Gasteiger charge is 2.28. The molecule has 0 bridgehead atoms. The Morgan fingerprint density at radius 1 is 1.30 bits per heavy atom. The summed E-state index contributed by atoms with van der Waals surface area (Å²) in [5, 5.41) is 2.78. The van der Waals surface area contributed by atoms with Crippen LogP contribution in [0.15, 0.2) is 24.3 Å². The third kappa shape index (κ3) is 5.04. The maximum atomic E-state index is 12.4. The van der Waals surface area contributed by atoms with E-state index in [1.165, 1.54) is 11.1 Å². The number of carbonyl (C=O) groups excluding carboxylic acids is 1. The van der Waals surface area contributed by atoms with Gasteiger partial charge in [0.1, 0.15) is 0 Å². The lowest BCUT2D eigenvalue weighted by molar-refractivity contribution is -0.126. The molecule has 0 saturated carbocycles. The van der Waals surface area contributed by atoms with E-state index in [4.69, 9.17) is 0 Å². The van der Waals surface area contributed by atoms with Gasteiger partial charge in [0.05, 0.1) is 17.5 Å². The Kier molecular flexibility index (Phi) is 5.81. The molecule has 1 N–H and O–H groups in total. The van der Waals surface area contributed by atoms with Crippen LogP contribution in [0.1, 0.15) is 25.0 Å². The van der Waals surface area contributed by atoms with Crippen LogP contribution in [0.3, 0.4) is 0 Å². The minimum absolute atomic E-state index is 0.00391. The molecular formula is C17H26N2O3S. The average Bonchev–Trinajstić information content (AvgIpc) is 2.44. The Hall–Kier alpha value is -1.40. The summed E-state index contributed by atoms with van der Waals surface area (Å²) in [6.07, 6.45) is 0.664. The quantitative estimate of drug-likeness (QED) is 0.847. The SMILES string of the molecule is CC(C)CS(=O)(=O)CCNC(=O)C1Cc2ccccc2CN1C. The van der Waals surface area contributed by atoms with Gasteiger partial charge in [-0.2, -0.15) is 0 Å². The van der Waals surface area contributed by atoms with E-state index in [1.54, 1.807) is 0 Å². The lowest BCUT2D eigenvalue weighted by atomic mass is 9.94. The lowest BCUT2D eigenvalue weighted by Crippen LogP contribution is -2.49. The van der Waals surface area contributed by atoms with Gasteiger partial charge >= 0.3 is 0 Å². The number of hydrogen-bond acceptors (Lipinski definition) is 4. The van der Waals surface area contributed by atoms with Crippen molar-refractivity contribution in [2.45, 2.75) is 32.9 Å². The van der Waals surface area contributed by atoms with Gasteiger partial charge in [0.15, 0.2) is 9.84 Å². The van der Waals surface area contributed by atoms with Crippen LogP contribution < -0.4 is 5.32 Å². The number of amides is 1. The van der Waals surface area contributed by atoms with Crippen LogP contribution in [0.25, 0.3) is 0 Å². The zero-order valence-electron chi connectivity index (χ0n) is 14.1. The molecule has 2 rings (SSSR count). The zero-order valence-corrected chi connectivity index (χ0v) is 14.9. The Labute approximate surface area is 139 Å². The minimum Gasteiger partial charge on any atom is -0.354 e. The van der Waals surface area contributed by atoms with E-state index in [0.29, 0.717) is 6.42 Å². The molecule has 6 heteroatoms. The maximum absolute atomic E-state index is 12.4. The number of rotatable bonds is 6. The van der Waals surface area contributed by atoms with Crippen molar-refractivity contribution in [2.24, 2.45) is 5.92 Å². The zero-order chi connectivity index (χ0) is 17.0. The molecule has 0 aromatic heterocycles. The highest BCUT2D eigenvalue weighted by atomic mass is 32.2. The number of likely N-dealkylation sites (N-methyl/N-ethyl adjacent to an activating group) is 1. The van der Waals surface area contributed by atoms with Gasteiger partial charge in [-0.3, -0.25) is 9.69 Å². The molecule has 1 amide bonds. The molecule has 1 aromatic carbocycles. The molecule has 1 aliphatic rings. The summed E-state index contributed by atoms with van der Waals surface area (Å²) in [6.45, 7) is 4.68. The van der Waals surface area contributed by atoms with Gasteiger partial charge in [0.25, 0.3) is 0 Å². The fourth-order valence-corrected chi connectivity index (χ4v) is 4.58. The predicted octanol–water partition coefficient (Wildman–Crippen LogP) is 1.23. The fraction of sp³-hybridized carbons (Fsp3) is 0.588. The number of benzene rings is 1. The number of sulfone groups is 1. The molecule has 1 unspecified atom stereocenters. The van der Waals surface area contributed by atoms with Gasteiger partial charge in [-0.1, -0.05) is 38.1 Å².